The Hall–Kier alpha value is -1.42. The number of ketones is 1. The van der Waals surface area contributed by atoms with Crippen molar-refractivity contribution in [1.29, 1.82) is 0 Å². The molecule has 0 spiro atoms. The highest BCUT2D eigenvalue weighted by Crippen LogP contribution is 2.10. The van der Waals surface area contributed by atoms with Crippen molar-refractivity contribution < 1.29 is 9.90 Å². The lowest BCUT2D eigenvalue weighted by molar-refractivity contribution is 0.101. The van der Waals surface area contributed by atoms with Gasteiger partial charge in [0.25, 0.3) is 0 Å². The lowest BCUT2D eigenvalue weighted by atomic mass is 10.2. The van der Waals surface area contributed by atoms with E-state index in [9.17, 15) is 9.90 Å². The molecule has 1 aromatic heterocycles. The van der Waals surface area contributed by atoms with E-state index in [1.54, 1.807) is 19.2 Å². The Balaban J connectivity index is 2.63. The van der Waals surface area contributed by atoms with Crippen molar-refractivity contribution in [2.24, 2.45) is 0 Å². The summed E-state index contributed by atoms with van der Waals surface area (Å²) in [7, 11) is 1.91. The van der Waals surface area contributed by atoms with E-state index in [2.05, 4.69) is 4.98 Å². The van der Waals surface area contributed by atoms with Crippen LogP contribution in [0.4, 0.5) is 5.82 Å². The first-order valence-electron chi connectivity index (χ1n) is 5.37. The van der Waals surface area contributed by atoms with Crippen LogP contribution in [0.2, 0.25) is 0 Å². The minimum atomic E-state index is -0.307. The molecule has 0 saturated carbocycles. The molecule has 1 atom stereocenters. The number of carbonyl (C=O) groups is 1. The summed E-state index contributed by atoms with van der Waals surface area (Å²) in [6.07, 6.45) is 1.97. The lowest BCUT2D eigenvalue weighted by Crippen LogP contribution is -2.22. The second kappa shape index (κ2) is 5.61. The summed E-state index contributed by atoms with van der Waals surface area (Å²) in [6.45, 7) is 4.03. The molecule has 4 heteroatoms. The molecule has 0 saturated heterocycles. The van der Waals surface area contributed by atoms with E-state index in [-0.39, 0.29) is 11.9 Å². The van der Waals surface area contributed by atoms with Crippen LogP contribution in [0.1, 0.15) is 30.6 Å². The first-order valence-corrected chi connectivity index (χ1v) is 5.37. The zero-order chi connectivity index (χ0) is 12.1. The summed E-state index contributed by atoms with van der Waals surface area (Å²) in [5.74, 6) is 0.830. The molecule has 1 unspecified atom stereocenters. The van der Waals surface area contributed by atoms with Crippen LogP contribution in [0, 0.1) is 0 Å². The van der Waals surface area contributed by atoms with Crippen LogP contribution >= 0.6 is 0 Å². The molecule has 0 bridgehead atoms. The highest BCUT2D eigenvalue weighted by atomic mass is 16.3. The summed E-state index contributed by atoms with van der Waals surface area (Å²) in [5.41, 5.74) is 0.618. The molecule has 0 aliphatic heterocycles. The third kappa shape index (κ3) is 3.62. The minimum absolute atomic E-state index is 0.0192. The van der Waals surface area contributed by atoms with Crippen molar-refractivity contribution in [2.75, 3.05) is 18.5 Å². The van der Waals surface area contributed by atoms with E-state index in [1.807, 2.05) is 18.0 Å². The molecule has 1 heterocycles. The second-order valence-corrected chi connectivity index (χ2v) is 4.02. The summed E-state index contributed by atoms with van der Waals surface area (Å²) in [4.78, 5) is 17.2. The number of anilines is 1. The molecule has 4 nitrogen and oxygen atoms in total. The molecular formula is C12H18N2O2. The molecule has 1 N–H and O–H groups in total. The molecule has 0 fully saturated rings. The quantitative estimate of drug-likeness (QED) is 0.767. The van der Waals surface area contributed by atoms with Gasteiger partial charge in [-0.15, -0.1) is 0 Å². The zero-order valence-electron chi connectivity index (χ0n) is 9.97. The molecule has 88 valence electrons. The third-order valence-electron chi connectivity index (χ3n) is 2.43. The molecule has 0 aliphatic carbocycles. The molecule has 1 rings (SSSR count). The van der Waals surface area contributed by atoms with Gasteiger partial charge in [-0.05, 0) is 32.4 Å². The maximum absolute atomic E-state index is 11.1. The number of aliphatic hydroxyl groups is 1. The Labute approximate surface area is 95.9 Å². The summed E-state index contributed by atoms with van der Waals surface area (Å²) in [5, 5.41) is 9.17. The Morgan fingerprint density at radius 2 is 2.25 bits per heavy atom. The maximum Gasteiger partial charge on any atom is 0.161 e. The van der Waals surface area contributed by atoms with Gasteiger partial charge in [0.2, 0.25) is 0 Å². The molecule has 0 amide bonds. The van der Waals surface area contributed by atoms with Crippen LogP contribution in [0.5, 0.6) is 0 Å². The predicted molar refractivity (Wildman–Crippen MR) is 63.8 cm³/mol. The van der Waals surface area contributed by atoms with Gasteiger partial charge in [-0.3, -0.25) is 4.79 Å². The van der Waals surface area contributed by atoms with Crippen molar-refractivity contribution in [3.8, 4) is 0 Å². The number of Topliss-reactive ketones (excluding diaryl/α,β-unsaturated/α-hetero) is 1. The number of rotatable bonds is 5. The molecule has 1 aromatic rings. The normalized spacial score (nSPS) is 12.2. The van der Waals surface area contributed by atoms with Crippen LogP contribution < -0.4 is 4.90 Å². The lowest BCUT2D eigenvalue weighted by Gasteiger charge is -2.18. The number of nitrogens with zero attached hydrogens (tertiary/aromatic N) is 2. The molecule has 16 heavy (non-hydrogen) atoms. The van der Waals surface area contributed by atoms with Gasteiger partial charge in [0.15, 0.2) is 5.78 Å². The number of hydrogen-bond donors (Lipinski definition) is 1. The van der Waals surface area contributed by atoms with Crippen molar-refractivity contribution in [3.05, 3.63) is 23.9 Å². The van der Waals surface area contributed by atoms with Crippen molar-refractivity contribution >= 4 is 11.6 Å². The minimum Gasteiger partial charge on any atom is -0.393 e. The Bertz CT molecular complexity index is 347. The van der Waals surface area contributed by atoms with E-state index in [1.165, 1.54) is 6.92 Å². The smallest absolute Gasteiger partial charge is 0.161 e. The fraction of sp³-hybridized carbons (Fsp3) is 0.500. The van der Waals surface area contributed by atoms with Crippen molar-refractivity contribution in [2.45, 2.75) is 26.4 Å². The summed E-state index contributed by atoms with van der Waals surface area (Å²) in [6, 6.07) is 3.59. The SMILES string of the molecule is CC(=O)c1ccc(N(C)CCC(C)O)nc1. The van der Waals surface area contributed by atoms with Gasteiger partial charge in [-0.25, -0.2) is 4.98 Å². The molecule has 0 aromatic carbocycles. The number of hydrogen-bond acceptors (Lipinski definition) is 4. The summed E-state index contributed by atoms with van der Waals surface area (Å²) < 4.78 is 0. The first kappa shape index (κ1) is 12.6. The van der Waals surface area contributed by atoms with Crippen LogP contribution in [-0.4, -0.2) is 35.6 Å². The average Bonchev–Trinajstić information content (AvgIpc) is 2.26. The van der Waals surface area contributed by atoms with Gasteiger partial charge in [-0.1, -0.05) is 0 Å². The number of pyridine rings is 1. The number of aliphatic hydroxyl groups excluding tert-OH is 1. The third-order valence-corrected chi connectivity index (χ3v) is 2.43. The van der Waals surface area contributed by atoms with Gasteiger partial charge in [0.05, 0.1) is 6.10 Å². The van der Waals surface area contributed by atoms with Crippen LogP contribution in [0.3, 0.4) is 0 Å². The van der Waals surface area contributed by atoms with Gasteiger partial charge >= 0.3 is 0 Å². The van der Waals surface area contributed by atoms with E-state index < -0.39 is 0 Å². The number of carbonyl (C=O) groups excluding carboxylic acids is 1. The molecular weight excluding hydrogens is 204 g/mol. The standard InChI is InChI=1S/C12H18N2O2/c1-9(15)6-7-14(3)12-5-4-11(8-13-12)10(2)16/h4-5,8-9,15H,6-7H2,1-3H3. The average molecular weight is 222 g/mol. The fourth-order valence-electron chi connectivity index (χ4n) is 1.32. The van der Waals surface area contributed by atoms with Gasteiger partial charge in [-0.2, -0.15) is 0 Å². The van der Waals surface area contributed by atoms with Gasteiger partial charge in [0, 0.05) is 25.4 Å². The Kier molecular flexibility index (Phi) is 4.43. The second-order valence-electron chi connectivity index (χ2n) is 4.02. The first-order chi connectivity index (χ1) is 7.50. The van der Waals surface area contributed by atoms with E-state index in [0.29, 0.717) is 12.0 Å². The molecule has 0 aliphatic rings. The molecule has 0 radical (unpaired) electrons. The fourth-order valence-corrected chi connectivity index (χ4v) is 1.32. The van der Waals surface area contributed by atoms with E-state index in [0.717, 1.165) is 12.4 Å². The van der Waals surface area contributed by atoms with Gasteiger partial charge in [0.1, 0.15) is 5.82 Å². The van der Waals surface area contributed by atoms with Gasteiger partial charge < -0.3 is 10.0 Å². The highest BCUT2D eigenvalue weighted by Gasteiger charge is 2.05. The monoisotopic (exact) mass is 222 g/mol. The maximum atomic E-state index is 11.1. The van der Waals surface area contributed by atoms with Crippen LogP contribution in [0.15, 0.2) is 18.3 Å². The Morgan fingerprint density at radius 3 is 2.69 bits per heavy atom. The van der Waals surface area contributed by atoms with E-state index in [4.69, 9.17) is 0 Å². The zero-order valence-corrected chi connectivity index (χ0v) is 9.97. The highest BCUT2D eigenvalue weighted by molar-refractivity contribution is 5.93. The number of aromatic nitrogens is 1. The Morgan fingerprint density at radius 1 is 1.56 bits per heavy atom. The largest absolute Gasteiger partial charge is 0.393 e. The van der Waals surface area contributed by atoms with Crippen molar-refractivity contribution in [3.63, 3.8) is 0 Å². The van der Waals surface area contributed by atoms with E-state index >= 15 is 0 Å². The predicted octanol–water partition coefficient (Wildman–Crippen LogP) is 1.49. The van der Waals surface area contributed by atoms with Crippen LogP contribution in [-0.2, 0) is 0 Å². The van der Waals surface area contributed by atoms with Crippen molar-refractivity contribution in [1.82, 2.24) is 4.98 Å². The topological polar surface area (TPSA) is 53.4 Å². The van der Waals surface area contributed by atoms with Crippen LogP contribution in [0.25, 0.3) is 0 Å². The summed E-state index contributed by atoms with van der Waals surface area (Å²) >= 11 is 0.